The van der Waals surface area contributed by atoms with Gasteiger partial charge in [-0.25, -0.2) is 0 Å². The van der Waals surface area contributed by atoms with Crippen LogP contribution >= 0.6 is 23.2 Å². The monoisotopic (exact) mass is 478 g/mol. The molecule has 0 aromatic heterocycles. The number of carbonyl (C=O) groups is 2. The lowest BCUT2D eigenvalue weighted by atomic mass is 10.1. The Bertz CT molecular complexity index is 1000. The summed E-state index contributed by atoms with van der Waals surface area (Å²) in [6.45, 7) is 7.90. The second-order valence-electron chi connectivity index (χ2n) is 8.87. The highest BCUT2D eigenvalue weighted by atomic mass is 35.5. The molecule has 2 aromatic carbocycles. The van der Waals surface area contributed by atoms with Gasteiger partial charge in [0.05, 0.1) is 10.0 Å². The summed E-state index contributed by atoms with van der Waals surface area (Å²) in [5, 5.41) is 3.80. The zero-order valence-electron chi connectivity index (χ0n) is 18.7. The number of nitrogens with zero attached hydrogens (tertiary/aromatic N) is 1. The number of hydrogen-bond donors (Lipinski definition) is 1. The predicted octanol–water partition coefficient (Wildman–Crippen LogP) is 4.99. The Kier molecular flexibility index (Phi) is 7.57. The highest BCUT2D eigenvalue weighted by molar-refractivity contribution is 6.42. The Labute approximate surface area is 198 Å². The van der Waals surface area contributed by atoms with E-state index in [9.17, 15) is 9.59 Å². The summed E-state index contributed by atoms with van der Waals surface area (Å²) < 4.78 is 10.8. The standard InChI is InChI=1S/C24H28Cl2N2O4/c1-15(23(30)27-24(2,3)4)28(13-17-5-8-18(25)19(26)11-17)22(29)10-7-16-6-9-20-21(12-16)32-14-31-20/h5-6,8-9,11-12,15H,7,10,13-14H2,1-4H3,(H,27,30). The van der Waals surface area contributed by atoms with Crippen molar-refractivity contribution in [3.63, 3.8) is 0 Å². The molecule has 1 unspecified atom stereocenters. The molecule has 0 spiro atoms. The second-order valence-corrected chi connectivity index (χ2v) is 9.69. The minimum atomic E-state index is -0.659. The third kappa shape index (κ3) is 6.30. The van der Waals surface area contributed by atoms with Crippen LogP contribution in [0, 0.1) is 0 Å². The van der Waals surface area contributed by atoms with Gasteiger partial charge in [-0.15, -0.1) is 0 Å². The summed E-state index contributed by atoms with van der Waals surface area (Å²) in [6, 6.07) is 10.2. The van der Waals surface area contributed by atoms with Gasteiger partial charge in [0.2, 0.25) is 18.6 Å². The van der Waals surface area contributed by atoms with Gasteiger partial charge < -0.3 is 19.7 Å². The number of benzene rings is 2. The van der Waals surface area contributed by atoms with Crippen LogP contribution in [0.15, 0.2) is 36.4 Å². The van der Waals surface area contributed by atoms with Crippen LogP contribution in [0.25, 0.3) is 0 Å². The van der Waals surface area contributed by atoms with E-state index >= 15 is 0 Å². The Morgan fingerprint density at radius 2 is 1.72 bits per heavy atom. The van der Waals surface area contributed by atoms with Crippen molar-refractivity contribution in [3.8, 4) is 11.5 Å². The largest absolute Gasteiger partial charge is 0.454 e. The van der Waals surface area contributed by atoms with E-state index < -0.39 is 11.6 Å². The van der Waals surface area contributed by atoms with Gasteiger partial charge in [0.1, 0.15) is 6.04 Å². The van der Waals surface area contributed by atoms with Crippen molar-refractivity contribution in [1.82, 2.24) is 10.2 Å². The summed E-state index contributed by atoms with van der Waals surface area (Å²) in [4.78, 5) is 27.7. The van der Waals surface area contributed by atoms with Gasteiger partial charge in [0.15, 0.2) is 11.5 Å². The molecule has 3 rings (SSSR count). The number of fused-ring (bicyclic) bond motifs is 1. The van der Waals surface area contributed by atoms with Crippen molar-refractivity contribution in [2.24, 2.45) is 0 Å². The molecule has 0 fully saturated rings. The summed E-state index contributed by atoms with van der Waals surface area (Å²) in [7, 11) is 0. The van der Waals surface area contributed by atoms with Crippen molar-refractivity contribution in [1.29, 1.82) is 0 Å². The predicted molar refractivity (Wildman–Crippen MR) is 125 cm³/mol. The molecule has 6 nitrogen and oxygen atoms in total. The third-order valence-corrected chi connectivity index (χ3v) is 5.81. The molecule has 0 bridgehead atoms. The van der Waals surface area contributed by atoms with Crippen LogP contribution in [-0.2, 0) is 22.6 Å². The van der Waals surface area contributed by atoms with Gasteiger partial charge in [0.25, 0.3) is 0 Å². The lowest BCUT2D eigenvalue weighted by Gasteiger charge is -2.31. The number of aryl methyl sites for hydroxylation is 1. The first-order chi connectivity index (χ1) is 15.0. The summed E-state index contributed by atoms with van der Waals surface area (Å²) in [5.74, 6) is 1.04. The molecule has 0 saturated carbocycles. The first kappa shape index (κ1) is 24.2. The van der Waals surface area contributed by atoms with Gasteiger partial charge in [-0.3, -0.25) is 9.59 Å². The molecule has 32 heavy (non-hydrogen) atoms. The zero-order valence-corrected chi connectivity index (χ0v) is 20.2. The summed E-state index contributed by atoms with van der Waals surface area (Å²) in [6.07, 6.45) is 0.759. The SMILES string of the molecule is CC(C(=O)NC(C)(C)C)N(Cc1ccc(Cl)c(Cl)c1)C(=O)CCc1ccc2c(c1)OCO2. The Morgan fingerprint density at radius 3 is 2.41 bits per heavy atom. The van der Waals surface area contributed by atoms with Crippen LogP contribution in [0.3, 0.4) is 0 Å². The molecular formula is C24H28Cl2N2O4. The minimum absolute atomic E-state index is 0.134. The lowest BCUT2D eigenvalue weighted by Crippen LogP contribution is -2.52. The average molecular weight is 479 g/mol. The highest BCUT2D eigenvalue weighted by Gasteiger charge is 2.28. The molecule has 2 aromatic rings. The number of ether oxygens (including phenoxy) is 2. The molecule has 1 atom stereocenters. The van der Waals surface area contributed by atoms with Crippen LogP contribution in [-0.4, -0.2) is 35.1 Å². The molecule has 172 valence electrons. The van der Waals surface area contributed by atoms with Crippen LogP contribution in [0.4, 0.5) is 0 Å². The normalized spacial score (nSPS) is 13.6. The first-order valence-corrected chi connectivity index (χ1v) is 11.2. The molecule has 0 saturated heterocycles. The Hall–Kier alpha value is -2.44. The number of rotatable bonds is 7. The van der Waals surface area contributed by atoms with Crippen molar-refractivity contribution in [2.45, 2.75) is 58.7 Å². The van der Waals surface area contributed by atoms with Crippen LogP contribution in [0.5, 0.6) is 11.5 Å². The topological polar surface area (TPSA) is 67.9 Å². The average Bonchev–Trinajstić information content (AvgIpc) is 3.19. The fraction of sp³-hybridized carbons (Fsp3) is 0.417. The molecule has 2 amide bonds. The molecule has 1 aliphatic heterocycles. The van der Waals surface area contributed by atoms with E-state index in [1.54, 1.807) is 30.0 Å². The van der Waals surface area contributed by atoms with Crippen molar-refractivity contribution < 1.29 is 19.1 Å². The number of hydrogen-bond acceptors (Lipinski definition) is 4. The summed E-state index contributed by atoms with van der Waals surface area (Å²) >= 11 is 12.2. The van der Waals surface area contributed by atoms with E-state index in [1.807, 2.05) is 39.0 Å². The molecule has 8 heteroatoms. The lowest BCUT2D eigenvalue weighted by molar-refractivity contribution is -0.141. The van der Waals surface area contributed by atoms with E-state index in [1.165, 1.54) is 0 Å². The van der Waals surface area contributed by atoms with Gasteiger partial charge in [-0.1, -0.05) is 35.3 Å². The second kappa shape index (κ2) is 10.0. The Morgan fingerprint density at radius 1 is 1.03 bits per heavy atom. The maximum Gasteiger partial charge on any atom is 0.242 e. The molecule has 0 radical (unpaired) electrons. The minimum Gasteiger partial charge on any atom is -0.454 e. The van der Waals surface area contributed by atoms with Crippen molar-refractivity contribution in [3.05, 3.63) is 57.6 Å². The van der Waals surface area contributed by atoms with Gasteiger partial charge >= 0.3 is 0 Å². The van der Waals surface area contributed by atoms with Gasteiger partial charge in [-0.05, 0) is 69.5 Å². The molecule has 1 heterocycles. The maximum atomic E-state index is 13.2. The number of carbonyl (C=O) groups excluding carboxylic acids is 2. The van der Waals surface area contributed by atoms with E-state index in [0.717, 1.165) is 11.1 Å². The van der Waals surface area contributed by atoms with Gasteiger partial charge in [0, 0.05) is 18.5 Å². The van der Waals surface area contributed by atoms with Crippen LogP contribution in [0.1, 0.15) is 45.2 Å². The van der Waals surface area contributed by atoms with Crippen molar-refractivity contribution >= 4 is 35.0 Å². The molecule has 0 aliphatic carbocycles. The van der Waals surface area contributed by atoms with Crippen LogP contribution < -0.4 is 14.8 Å². The van der Waals surface area contributed by atoms with Gasteiger partial charge in [-0.2, -0.15) is 0 Å². The highest BCUT2D eigenvalue weighted by Crippen LogP contribution is 2.33. The smallest absolute Gasteiger partial charge is 0.242 e. The fourth-order valence-corrected chi connectivity index (χ4v) is 3.70. The van der Waals surface area contributed by atoms with E-state index in [0.29, 0.717) is 28.0 Å². The number of nitrogens with one attached hydrogen (secondary N) is 1. The number of halogens is 2. The molecular weight excluding hydrogens is 451 g/mol. The molecule has 1 N–H and O–H groups in total. The van der Waals surface area contributed by atoms with Crippen LogP contribution in [0.2, 0.25) is 10.0 Å². The van der Waals surface area contributed by atoms with Crippen molar-refractivity contribution in [2.75, 3.05) is 6.79 Å². The quantitative estimate of drug-likeness (QED) is 0.608. The van der Waals surface area contributed by atoms with E-state index in [2.05, 4.69) is 5.32 Å². The molecule has 1 aliphatic rings. The zero-order chi connectivity index (χ0) is 23.5. The fourth-order valence-electron chi connectivity index (χ4n) is 3.38. The Balaban J connectivity index is 1.75. The van der Waals surface area contributed by atoms with E-state index in [-0.39, 0.29) is 31.6 Å². The first-order valence-electron chi connectivity index (χ1n) is 10.5. The third-order valence-electron chi connectivity index (χ3n) is 5.07. The summed E-state index contributed by atoms with van der Waals surface area (Å²) in [5.41, 5.74) is 1.35. The maximum absolute atomic E-state index is 13.2. The van der Waals surface area contributed by atoms with E-state index in [4.69, 9.17) is 32.7 Å². The number of amides is 2.